The van der Waals surface area contributed by atoms with E-state index in [-0.39, 0.29) is 6.42 Å². The van der Waals surface area contributed by atoms with E-state index in [1.54, 1.807) is 13.8 Å². The van der Waals surface area contributed by atoms with Gasteiger partial charge in [-0.25, -0.2) is 4.79 Å². The minimum absolute atomic E-state index is 0.384. The third-order valence-electron chi connectivity index (χ3n) is 4.08. The summed E-state index contributed by atoms with van der Waals surface area (Å²) in [4.78, 5) is 69.9. The molecule has 0 aliphatic rings. The van der Waals surface area contributed by atoms with Crippen LogP contribution in [-0.4, -0.2) is 81.7 Å². The van der Waals surface area contributed by atoms with Crippen molar-refractivity contribution in [1.82, 2.24) is 16.0 Å². The Morgan fingerprint density at radius 3 is 1.84 bits per heavy atom. The second-order valence-corrected chi connectivity index (χ2v) is 7.08. The summed E-state index contributed by atoms with van der Waals surface area (Å²) in [6.07, 6.45) is -1.37. The van der Waals surface area contributed by atoms with Crippen molar-refractivity contribution in [2.45, 2.75) is 57.3 Å². The molecule has 0 aromatic rings. The largest absolute Gasteiger partial charge is 0.481 e. The molecule has 10 N–H and O–H groups in total. The van der Waals surface area contributed by atoms with Gasteiger partial charge in [-0.2, -0.15) is 0 Å². The van der Waals surface area contributed by atoms with E-state index in [1.807, 2.05) is 5.32 Å². The Labute approximate surface area is 177 Å². The number of carboxylic acid groups (broad SMARTS) is 2. The van der Waals surface area contributed by atoms with Gasteiger partial charge in [0.05, 0.1) is 19.1 Å². The molecule has 0 aliphatic carbocycles. The molecule has 14 heteroatoms. The molecule has 0 bridgehead atoms. The smallest absolute Gasteiger partial charge is 0.328 e. The van der Waals surface area contributed by atoms with Gasteiger partial charge < -0.3 is 42.7 Å². The first-order valence-corrected chi connectivity index (χ1v) is 9.30. The van der Waals surface area contributed by atoms with Crippen LogP contribution in [0, 0.1) is 5.92 Å². The van der Waals surface area contributed by atoms with Crippen LogP contribution in [-0.2, 0) is 28.8 Å². The Morgan fingerprint density at radius 1 is 0.871 bits per heavy atom. The number of carbonyl (C=O) groups excluding carboxylic acids is 4. The average Bonchev–Trinajstić information content (AvgIpc) is 2.65. The van der Waals surface area contributed by atoms with E-state index in [2.05, 4.69) is 10.6 Å². The highest BCUT2D eigenvalue weighted by Crippen LogP contribution is 2.06. The van der Waals surface area contributed by atoms with Gasteiger partial charge in [-0.1, -0.05) is 13.8 Å². The minimum Gasteiger partial charge on any atom is -0.481 e. The zero-order chi connectivity index (χ0) is 24.3. The Balaban J connectivity index is 5.41. The summed E-state index contributed by atoms with van der Waals surface area (Å²) in [6.45, 7) is 2.22. The fourth-order valence-electron chi connectivity index (χ4n) is 2.36. The summed E-state index contributed by atoms with van der Waals surface area (Å²) in [6, 6.07) is -5.64. The molecule has 31 heavy (non-hydrogen) atoms. The summed E-state index contributed by atoms with van der Waals surface area (Å²) >= 11 is 0. The van der Waals surface area contributed by atoms with Crippen LogP contribution >= 0.6 is 0 Å². The summed E-state index contributed by atoms with van der Waals surface area (Å²) in [5.74, 6) is -6.87. The average molecular weight is 447 g/mol. The molecule has 0 radical (unpaired) electrons. The van der Waals surface area contributed by atoms with Crippen LogP contribution in [0.5, 0.6) is 0 Å². The maximum Gasteiger partial charge on any atom is 0.328 e. The topological polar surface area (TPSA) is 251 Å². The number of nitrogens with one attached hydrogen (secondary N) is 3. The van der Waals surface area contributed by atoms with Crippen LogP contribution in [0.25, 0.3) is 0 Å². The number of carboxylic acids is 2. The zero-order valence-electron chi connectivity index (χ0n) is 17.2. The summed E-state index contributed by atoms with van der Waals surface area (Å²) in [5, 5.41) is 33.4. The zero-order valence-corrected chi connectivity index (χ0v) is 17.2. The molecule has 4 unspecified atom stereocenters. The quantitative estimate of drug-likeness (QED) is 0.129. The predicted octanol–water partition coefficient (Wildman–Crippen LogP) is -3.76. The van der Waals surface area contributed by atoms with Gasteiger partial charge in [0.2, 0.25) is 23.6 Å². The molecule has 0 aliphatic heterocycles. The molecule has 0 rings (SSSR count). The molecular formula is C17H29N5O9. The van der Waals surface area contributed by atoms with E-state index in [0.717, 1.165) is 0 Å². The monoisotopic (exact) mass is 447 g/mol. The second-order valence-electron chi connectivity index (χ2n) is 7.08. The van der Waals surface area contributed by atoms with E-state index >= 15 is 0 Å². The molecule has 4 amide bonds. The van der Waals surface area contributed by atoms with Crippen LogP contribution in [0.4, 0.5) is 0 Å². The lowest BCUT2D eigenvalue weighted by Crippen LogP contribution is -2.58. The first-order chi connectivity index (χ1) is 14.3. The van der Waals surface area contributed by atoms with Gasteiger partial charge in [-0.15, -0.1) is 0 Å². The van der Waals surface area contributed by atoms with Gasteiger partial charge in [0.25, 0.3) is 0 Å². The number of primary amides is 1. The number of aliphatic carboxylic acids is 2. The lowest BCUT2D eigenvalue weighted by molar-refractivity contribution is -0.144. The number of aliphatic hydroxyl groups is 1. The number of nitrogens with two attached hydrogens (primary N) is 2. The van der Waals surface area contributed by atoms with Gasteiger partial charge in [-0.05, 0) is 12.3 Å². The fourth-order valence-corrected chi connectivity index (χ4v) is 2.36. The third-order valence-corrected chi connectivity index (χ3v) is 4.08. The van der Waals surface area contributed by atoms with Crippen molar-refractivity contribution in [3.63, 3.8) is 0 Å². The van der Waals surface area contributed by atoms with Crippen molar-refractivity contribution in [3.8, 4) is 0 Å². The van der Waals surface area contributed by atoms with Gasteiger partial charge >= 0.3 is 11.9 Å². The van der Waals surface area contributed by atoms with Crippen LogP contribution in [0.3, 0.4) is 0 Å². The fraction of sp³-hybridized carbons (Fsp3) is 0.647. The van der Waals surface area contributed by atoms with Crippen LogP contribution in [0.2, 0.25) is 0 Å². The molecule has 0 aromatic carbocycles. The molecule has 0 aromatic heterocycles. The van der Waals surface area contributed by atoms with Crippen molar-refractivity contribution >= 4 is 35.6 Å². The van der Waals surface area contributed by atoms with Gasteiger partial charge in [0, 0.05) is 6.42 Å². The summed E-state index contributed by atoms with van der Waals surface area (Å²) in [7, 11) is 0. The maximum absolute atomic E-state index is 12.7. The second kappa shape index (κ2) is 13.1. The molecule has 0 heterocycles. The SMILES string of the molecule is CC(C)C(NC(=O)C(N)CC(N)=O)C(=O)NC(CCC(=O)O)C(=O)NC(CO)C(=O)O. The normalized spacial score (nSPS) is 14.6. The summed E-state index contributed by atoms with van der Waals surface area (Å²) < 4.78 is 0. The lowest BCUT2D eigenvalue weighted by Gasteiger charge is -2.26. The van der Waals surface area contributed by atoms with E-state index in [4.69, 9.17) is 26.8 Å². The number of hydrogen-bond donors (Lipinski definition) is 8. The number of amides is 4. The van der Waals surface area contributed by atoms with Gasteiger partial charge in [0.15, 0.2) is 0 Å². The third kappa shape index (κ3) is 10.4. The highest BCUT2D eigenvalue weighted by Gasteiger charge is 2.32. The van der Waals surface area contributed by atoms with Crippen molar-refractivity contribution in [3.05, 3.63) is 0 Å². The molecule has 4 atom stereocenters. The van der Waals surface area contributed by atoms with E-state index in [1.165, 1.54) is 0 Å². The van der Waals surface area contributed by atoms with E-state index < -0.39 is 85.1 Å². The van der Waals surface area contributed by atoms with Crippen molar-refractivity contribution < 1.29 is 44.1 Å². The molecule has 0 saturated heterocycles. The molecule has 0 saturated carbocycles. The first kappa shape index (κ1) is 27.7. The number of aliphatic hydroxyl groups excluding tert-OH is 1. The van der Waals surface area contributed by atoms with Crippen molar-refractivity contribution in [1.29, 1.82) is 0 Å². The molecule has 0 spiro atoms. The molecule has 14 nitrogen and oxygen atoms in total. The lowest BCUT2D eigenvalue weighted by atomic mass is 10.0. The van der Waals surface area contributed by atoms with Gasteiger partial charge in [0.1, 0.15) is 18.1 Å². The highest BCUT2D eigenvalue weighted by atomic mass is 16.4. The standard InChI is InChI=1S/C17H29N5O9/c1-7(2)13(22-14(27)8(18)5-11(19)24)16(29)20-9(3-4-12(25)26)15(28)21-10(6-23)17(30)31/h7-10,13,23H,3-6,18H2,1-2H3,(H2,19,24)(H,20,29)(H,21,28)(H,22,27)(H,25,26)(H,30,31). The van der Waals surface area contributed by atoms with Crippen LogP contribution < -0.4 is 27.4 Å². The van der Waals surface area contributed by atoms with E-state index in [9.17, 15) is 28.8 Å². The minimum atomic E-state index is -1.66. The van der Waals surface area contributed by atoms with Crippen molar-refractivity contribution in [2.75, 3.05) is 6.61 Å². The Hall–Kier alpha value is -3.26. The Morgan fingerprint density at radius 2 is 1.42 bits per heavy atom. The Bertz CT molecular complexity index is 697. The number of carbonyl (C=O) groups is 6. The number of rotatable bonds is 14. The van der Waals surface area contributed by atoms with E-state index in [0.29, 0.717) is 0 Å². The van der Waals surface area contributed by atoms with Crippen LogP contribution in [0.1, 0.15) is 33.1 Å². The molecule has 0 fully saturated rings. The summed E-state index contributed by atoms with van der Waals surface area (Å²) in [5.41, 5.74) is 10.5. The highest BCUT2D eigenvalue weighted by molar-refractivity contribution is 5.95. The predicted molar refractivity (Wildman–Crippen MR) is 104 cm³/mol. The maximum atomic E-state index is 12.7. The van der Waals surface area contributed by atoms with Crippen LogP contribution in [0.15, 0.2) is 0 Å². The molecule has 176 valence electrons. The Kier molecular flexibility index (Phi) is 11.7. The van der Waals surface area contributed by atoms with Gasteiger partial charge in [-0.3, -0.25) is 24.0 Å². The van der Waals surface area contributed by atoms with Crippen molar-refractivity contribution in [2.24, 2.45) is 17.4 Å². The first-order valence-electron chi connectivity index (χ1n) is 9.30. The number of hydrogen-bond acceptors (Lipinski definition) is 8. The molecular weight excluding hydrogens is 418 g/mol.